The summed E-state index contributed by atoms with van der Waals surface area (Å²) < 4.78 is 2.60. The molecule has 9 aromatic rings. The maximum absolute atomic E-state index is 5.29. The van der Waals surface area contributed by atoms with Crippen LogP contribution in [0.2, 0.25) is 0 Å². The number of rotatable bonds is 5. The summed E-state index contributed by atoms with van der Waals surface area (Å²) in [5, 5.41) is 3.96. The van der Waals surface area contributed by atoms with Crippen LogP contribution in [0.15, 0.2) is 182 Å². The van der Waals surface area contributed by atoms with Crippen molar-refractivity contribution in [2.45, 2.75) is 44.9 Å². The van der Waals surface area contributed by atoms with Crippen LogP contribution in [0.1, 0.15) is 63.5 Å². The molecule has 0 aliphatic heterocycles. The molecule has 0 saturated heterocycles. The Hall–Kier alpha value is -7.29. The van der Waals surface area contributed by atoms with Gasteiger partial charge in [0, 0.05) is 33.5 Å². The quantitative estimate of drug-likeness (QED) is 0.169. The second-order valence-corrected chi connectivity index (χ2v) is 18.0. The predicted octanol–water partition coefficient (Wildman–Crippen LogP) is 15.3. The highest BCUT2D eigenvalue weighted by atomic mass is 15.0. The van der Waals surface area contributed by atoms with Crippen molar-refractivity contribution in [3.05, 3.63) is 227 Å². The topological polar surface area (TPSA) is 17.8 Å². The van der Waals surface area contributed by atoms with Gasteiger partial charge in [0.25, 0.3) is 0 Å². The molecule has 13 rings (SSSR count). The molecule has 0 bridgehead atoms. The van der Waals surface area contributed by atoms with Gasteiger partial charge in [0.1, 0.15) is 0 Å². The summed E-state index contributed by atoms with van der Waals surface area (Å²) in [6, 6.07) is 59.4. The molecule has 4 aliphatic rings. The molecule has 2 atom stereocenters. The Morgan fingerprint density at radius 1 is 0.603 bits per heavy atom. The summed E-state index contributed by atoms with van der Waals surface area (Å²) in [7, 11) is 0. The standard InChI is InChI=1S/C61H46N2/c1-38-51(37-55(40-16-4-2-5-17-40)62-61(38)41-18-6-3-7-19-41)45-29-27-43-34-46(30-28-42(43)33-45)59-49-23-11-10-22-48(49)53-35-44-20-14-26-57(52(44)36-54(53)59)63-56-25-13-12-24-50(56)60-47-21-9-8-15-39(47)31-32-58(60)63/h2-6,8-18,20-30,33,35-37,46,59H,7,19,31-32,34H2,1H3. The van der Waals surface area contributed by atoms with Crippen molar-refractivity contribution in [1.82, 2.24) is 9.55 Å². The molecule has 4 aliphatic carbocycles. The molecule has 63 heavy (non-hydrogen) atoms. The summed E-state index contributed by atoms with van der Waals surface area (Å²) in [5.74, 6) is 0.591. The molecule has 0 amide bonds. The molecular weight excluding hydrogens is 761 g/mol. The second-order valence-electron chi connectivity index (χ2n) is 18.0. The largest absolute Gasteiger partial charge is 0.312 e. The molecule has 2 heterocycles. The van der Waals surface area contributed by atoms with Crippen LogP contribution >= 0.6 is 0 Å². The Kier molecular flexibility index (Phi) is 8.31. The van der Waals surface area contributed by atoms with Gasteiger partial charge < -0.3 is 4.57 Å². The van der Waals surface area contributed by atoms with Crippen LogP contribution in [0.3, 0.4) is 0 Å². The van der Waals surface area contributed by atoms with Crippen molar-refractivity contribution in [1.29, 1.82) is 0 Å². The van der Waals surface area contributed by atoms with Crippen molar-refractivity contribution in [2.75, 3.05) is 0 Å². The van der Waals surface area contributed by atoms with E-state index < -0.39 is 0 Å². The number of pyridine rings is 1. The fourth-order valence-corrected chi connectivity index (χ4v) is 11.7. The Bertz CT molecular complexity index is 3450. The van der Waals surface area contributed by atoms with Gasteiger partial charge in [0.05, 0.1) is 22.6 Å². The lowest BCUT2D eigenvalue weighted by atomic mass is 9.76. The number of fused-ring (bicyclic) bond motifs is 10. The fourth-order valence-electron chi connectivity index (χ4n) is 11.7. The first-order chi connectivity index (χ1) is 31.2. The van der Waals surface area contributed by atoms with Crippen LogP contribution in [0, 0.1) is 12.8 Å². The van der Waals surface area contributed by atoms with Gasteiger partial charge >= 0.3 is 0 Å². The minimum Gasteiger partial charge on any atom is -0.312 e. The first-order valence-corrected chi connectivity index (χ1v) is 22.8. The Morgan fingerprint density at radius 2 is 1.44 bits per heavy atom. The van der Waals surface area contributed by atoms with Crippen molar-refractivity contribution in [2.24, 2.45) is 5.92 Å². The third kappa shape index (κ3) is 5.74. The molecule has 0 N–H and O–H groups in total. The highest BCUT2D eigenvalue weighted by Gasteiger charge is 2.36. The molecule has 2 nitrogen and oxygen atoms in total. The van der Waals surface area contributed by atoms with E-state index in [9.17, 15) is 0 Å². The monoisotopic (exact) mass is 806 g/mol. The molecule has 0 saturated carbocycles. The molecule has 0 radical (unpaired) electrons. The van der Waals surface area contributed by atoms with Crippen molar-refractivity contribution < 1.29 is 0 Å². The zero-order valence-corrected chi connectivity index (χ0v) is 35.5. The molecule has 0 spiro atoms. The normalized spacial score (nSPS) is 16.9. The molecule has 2 aromatic heterocycles. The van der Waals surface area contributed by atoms with Gasteiger partial charge in [-0.15, -0.1) is 0 Å². The summed E-state index contributed by atoms with van der Waals surface area (Å²) in [5.41, 5.74) is 25.0. The first-order valence-electron chi connectivity index (χ1n) is 22.8. The van der Waals surface area contributed by atoms with Gasteiger partial charge in [-0.25, -0.2) is 4.98 Å². The van der Waals surface area contributed by atoms with Gasteiger partial charge in [-0.05, 0) is 154 Å². The summed E-state index contributed by atoms with van der Waals surface area (Å²) in [6.07, 6.45) is 16.8. The average Bonchev–Trinajstić information content (AvgIpc) is 3.86. The van der Waals surface area contributed by atoms with E-state index in [1.807, 2.05) is 0 Å². The SMILES string of the molecule is Cc1c(-c2ccc3c(c2)C=CC(C2c4ccccc4-c4cc5cccc(-n6c7c(c8ccccc86)-c6ccccc6CC7)c5cc42)C3)cc(-c2ccccc2)nc1C1=CC=CCC1. The molecule has 0 fully saturated rings. The number of allylic oxidation sites excluding steroid dienone is 5. The van der Waals surface area contributed by atoms with Crippen LogP contribution in [-0.2, 0) is 19.3 Å². The third-order valence-electron chi connectivity index (χ3n) is 14.6. The van der Waals surface area contributed by atoms with E-state index in [1.54, 1.807) is 0 Å². The van der Waals surface area contributed by atoms with E-state index in [0.29, 0.717) is 5.92 Å². The van der Waals surface area contributed by atoms with Crippen molar-refractivity contribution in [3.63, 3.8) is 0 Å². The van der Waals surface area contributed by atoms with Gasteiger partial charge in [-0.3, -0.25) is 0 Å². The average molecular weight is 807 g/mol. The minimum absolute atomic E-state index is 0.260. The molecule has 300 valence electrons. The number of benzene rings is 7. The lowest BCUT2D eigenvalue weighted by Gasteiger charge is -2.27. The van der Waals surface area contributed by atoms with E-state index in [2.05, 4.69) is 200 Å². The highest BCUT2D eigenvalue weighted by molar-refractivity contribution is 6.04. The number of hydrogen-bond donors (Lipinski definition) is 0. The zero-order chi connectivity index (χ0) is 41.6. The fraction of sp³-hybridized carbons (Fsp3) is 0.131. The number of aromatic nitrogens is 2. The van der Waals surface area contributed by atoms with Crippen LogP contribution in [0.4, 0.5) is 0 Å². The zero-order valence-electron chi connectivity index (χ0n) is 35.5. The van der Waals surface area contributed by atoms with Crippen molar-refractivity contribution >= 4 is 33.3 Å². The number of nitrogens with zero attached hydrogens (tertiary/aromatic N) is 2. The first kappa shape index (κ1) is 36.4. The van der Waals surface area contributed by atoms with Crippen molar-refractivity contribution in [3.8, 4) is 50.3 Å². The van der Waals surface area contributed by atoms with E-state index in [1.165, 1.54) is 105 Å². The molecule has 7 aromatic carbocycles. The van der Waals surface area contributed by atoms with Crippen LogP contribution in [0.5, 0.6) is 0 Å². The van der Waals surface area contributed by atoms with E-state index >= 15 is 0 Å². The van der Waals surface area contributed by atoms with E-state index in [0.717, 1.165) is 49.1 Å². The minimum atomic E-state index is 0.260. The van der Waals surface area contributed by atoms with Gasteiger partial charge in [-0.1, -0.05) is 152 Å². The number of aryl methyl sites for hydroxylation is 1. The van der Waals surface area contributed by atoms with Gasteiger partial charge in [-0.2, -0.15) is 0 Å². The van der Waals surface area contributed by atoms with Crippen LogP contribution < -0.4 is 0 Å². The van der Waals surface area contributed by atoms with Crippen LogP contribution in [-0.4, -0.2) is 9.55 Å². The Balaban J connectivity index is 0.911. The Labute approximate surface area is 369 Å². The van der Waals surface area contributed by atoms with E-state index in [-0.39, 0.29) is 5.92 Å². The smallest absolute Gasteiger partial charge is 0.0715 e. The Morgan fingerprint density at radius 3 is 2.35 bits per heavy atom. The summed E-state index contributed by atoms with van der Waals surface area (Å²) in [6.45, 7) is 2.26. The maximum Gasteiger partial charge on any atom is 0.0715 e. The molecular formula is C61H46N2. The van der Waals surface area contributed by atoms with Gasteiger partial charge in [0.15, 0.2) is 0 Å². The second kappa shape index (κ2) is 14.4. The van der Waals surface area contributed by atoms with Gasteiger partial charge in [0.2, 0.25) is 0 Å². The predicted molar refractivity (Wildman–Crippen MR) is 263 cm³/mol. The highest BCUT2D eigenvalue weighted by Crippen LogP contribution is 2.53. The third-order valence-corrected chi connectivity index (χ3v) is 14.6. The lowest BCUT2D eigenvalue weighted by molar-refractivity contribution is 0.572. The lowest BCUT2D eigenvalue weighted by Crippen LogP contribution is -2.16. The van der Waals surface area contributed by atoms with E-state index in [4.69, 9.17) is 4.98 Å². The number of para-hydroxylation sites is 1. The summed E-state index contributed by atoms with van der Waals surface area (Å²) in [4.78, 5) is 5.29. The number of hydrogen-bond acceptors (Lipinski definition) is 1. The van der Waals surface area contributed by atoms with Crippen LogP contribution in [0.25, 0.3) is 83.6 Å². The summed E-state index contributed by atoms with van der Waals surface area (Å²) >= 11 is 0. The molecule has 2 heteroatoms. The maximum atomic E-state index is 5.29. The molecule has 2 unspecified atom stereocenters.